The smallest absolute Gasteiger partial charge is 0.267 e. The number of para-hydroxylation sites is 2. The summed E-state index contributed by atoms with van der Waals surface area (Å²) in [6.45, 7) is 0.888. The molecule has 1 N–H and O–H groups in total. The third-order valence-electron chi connectivity index (χ3n) is 5.22. The molecule has 0 fully saturated rings. The summed E-state index contributed by atoms with van der Waals surface area (Å²) < 4.78 is 11.5. The van der Waals surface area contributed by atoms with Crippen molar-refractivity contribution in [1.82, 2.24) is 14.9 Å². The molecule has 1 unspecified atom stereocenters. The fourth-order valence-corrected chi connectivity index (χ4v) is 3.71. The van der Waals surface area contributed by atoms with Gasteiger partial charge in [-0.15, -0.1) is 0 Å². The van der Waals surface area contributed by atoms with E-state index < -0.39 is 6.10 Å². The molecule has 0 radical (unpaired) electrons. The molecule has 2 aliphatic rings. The maximum absolute atomic E-state index is 13.0. The number of benzene rings is 2. The summed E-state index contributed by atoms with van der Waals surface area (Å²) in [6.07, 6.45) is -0.245. The number of nitrogens with one attached hydrogen (secondary N) is 1. The quantitative estimate of drug-likeness (QED) is 0.726. The number of hydrogen-bond acceptors (Lipinski definition) is 5. The normalized spacial score (nSPS) is 17.5. The summed E-state index contributed by atoms with van der Waals surface area (Å²) in [7, 11) is 0. The van der Waals surface area contributed by atoms with Crippen molar-refractivity contribution in [2.75, 3.05) is 13.2 Å². The second kappa shape index (κ2) is 7.09. The van der Waals surface area contributed by atoms with E-state index in [1.165, 1.54) is 0 Å². The second-order valence-electron chi connectivity index (χ2n) is 7.08. The number of carbonyl (C=O) groups is 1. The van der Waals surface area contributed by atoms with Crippen LogP contribution in [0.5, 0.6) is 11.5 Å². The fourth-order valence-electron chi connectivity index (χ4n) is 3.71. The standard InChI is InChI=1S/C22H19N3O4/c26-21-15-10-11-25(12-16(15)23-20(24-21)14-6-2-1-3-7-14)22(27)19-13-28-17-8-4-5-9-18(17)29-19/h1-9,19H,10-13H2,(H,23,24,26). The Labute approximate surface area is 166 Å². The predicted octanol–water partition coefficient (Wildman–Crippen LogP) is 2.16. The maximum atomic E-state index is 13.0. The molecule has 7 nitrogen and oxygen atoms in total. The minimum absolute atomic E-state index is 0.146. The molecule has 0 aliphatic carbocycles. The summed E-state index contributed by atoms with van der Waals surface area (Å²) in [5.41, 5.74) is 1.95. The van der Waals surface area contributed by atoms with Gasteiger partial charge in [-0.1, -0.05) is 42.5 Å². The van der Waals surface area contributed by atoms with Gasteiger partial charge in [0, 0.05) is 17.7 Å². The Hall–Kier alpha value is -3.61. The number of aromatic nitrogens is 2. The van der Waals surface area contributed by atoms with Crippen LogP contribution in [0, 0.1) is 0 Å². The van der Waals surface area contributed by atoms with E-state index in [4.69, 9.17) is 9.47 Å². The van der Waals surface area contributed by atoms with Crippen molar-refractivity contribution < 1.29 is 14.3 Å². The minimum Gasteiger partial charge on any atom is -0.485 e. The Balaban J connectivity index is 1.39. The Bertz CT molecular complexity index is 1130. The van der Waals surface area contributed by atoms with Gasteiger partial charge in [0.25, 0.3) is 11.5 Å². The van der Waals surface area contributed by atoms with Crippen molar-refractivity contribution >= 4 is 5.91 Å². The maximum Gasteiger partial charge on any atom is 0.267 e. The van der Waals surface area contributed by atoms with Gasteiger partial charge in [0.2, 0.25) is 6.10 Å². The Morgan fingerprint density at radius 3 is 2.66 bits per heavy atom. The topological polar surface area (TPSA) is 84.5 Å². The number of aromatic amines is 1. The Kier molecular flexibility index (Phi) is 4.27. The van der Waals surface area contributed by atoms with Gasteiger partial charge in [-0.2, -0.15) is 0 Å². The lowest BCUT2D eigenvalue weighted by atomic mass is 10.1. The van der Waals surface area contributed by atoms with Gasteiger partial charge in [0.05, 0.1) is 12.2 Å². The first-order chi connectivity index (χ1) is 14.2. The van der Waals surface area contributed by atoms with Gasteiger partial charge in [0.1, 0.15) is 12.4 Å². The monoisotopic (exact) mass is 389 g/mol. The van der Waals surface area contributed by atoms with E-state index in [2.05, 4.69) is 9.97 Å². The Morgan fingerprint density at radius 1 is 1.07 bits per heavy atom. The summed E-state index contributed by atoms with van der Waals surface area (Å²) in [6, 6.07) is 16.8. The van der Waals surface area contributed by atoms with E-state index in [9.17, 15) is 9.59 Å². The highest BCUT2D eigenvalue weighted by Gasteiger charge is 2.33. The third kappa shape index (κ3) is 3.24. The molecule has 29 heavy (non-hydrogen) atoms. The van der Waals surface area contributed by atoms with Crippen LogP contribution in [0.3, 0.4) is 0 Å². The van der Waals surface area contributed by atoms with E-state index in [-0.39, 0.29) is 24.6 Å². The summed E-state index contributed by atoms with van der Waals surface area (Å²) in [5, 5.41) is 0. The minimum atomic E-state index is -0.706. The molecule has 0 spiro atoms. The van der Waals surface area contributed by atoms with Crippen LogP contribution in [0.4, 0.5) is 0 Å². The van der Waals surface area contributed by atoms with Crippen LogP contribution in [0.2, 0.25) is 0 Å². The van der Waals surface area contributed by atoms with Gasteiger partial charge in [-0.05, 0) is 18.6 Å². The van der Waals surface area contributed by atoms with Crippen LogP contribution < -0.4 is 15.0 Å². The van der Waals surface area contributed by atoms with Gasteiger partial charge in [0.15, 0.2) is 11.5 Å². The molecular weight excluding hydrogens is 370 g/mol. The fraction of sp³-hybridized carbons (Fsp3) is 0.227. The van der Waals surface area contributed by atoms with Gasteiger partial charge >= 0.3 is 0 Å². The molecule has 0 saturated carbocycles. The summed E-state index contributed by atoms with van der Waals surface area (Å²) in [5.74, 6) is 1.56. The van der Waals surface area contributed by atoms with Crippen molar-refractivity contribution in [2.45, 2.75) is 19.1 Å². The molecule has 3 heterocycles. The number of ether oxygens (including phenoxy) is 2. The average Bonchev–Trinajstić information content (AvgIpc) is 2.78. The van der Waals surface area contributed by atoms with E-state index in [0.29, 0.717) is 41.5 Å². The number of rotatable bonds is 2. The highest BCUT2D eigenvalue weighted by molar-refractivity contribution is 5.82. The van der Waals surface area contributed by atoms with Gasteiger partial charge in [-0.3, -0.25) is 9.59 Å². The zero-order valence-electron chi connectivity index (χ0n) is 15.6. The lowest BCUT2D eigenvalue weighted by Crippen LogP contribution is -2.48. The average molecular weight is 389 g/mol. The zero-order chi connectivity index (χ0) is 19.8. The SMILES string of the molecule is O=C(C1COc2ccccc2O1)N1CCc2c(nc(-c3ccccc3)[nH]c2=O)C1. The summed E-state index contributed by atoms with van der Waals surface area (Å²) >= 11 is 0. The molecule has 1 aromatic heterocycles. The highest BCUT2D eigenvalue weighted by Crippen LogP contribution is 2.31. The number of hydrogen-bond donors (Lipinski definition) is 1. The molecule has 7 heteroatoms. The van der Waals surface area contributed by atoms with Crippen LogP contribution in [0.15, 0.2) is 59.4 Å². The van der Waals surface area contributed by atoms with Crippen LogP contribution >= 0.6 is 0 Å². The Morgan fingerprint density at radius 2 is 1.83 bits per heavy atom. The van der Waals surface area contributed by atoms with E-state index in [0.717, 1.165) is 5.56 Å². The van der Waals surface area contributed by atoms with Crippen molar-refractivity contribution in [2.24, 2.45) is 0 Å². The van der Waals surface area contributed by atoms with E-state index >= 15 is 0 Å². The summed E-state index contributed by atoms with van der Waals surface area (Å²) in [4.78, 5) is 34.7. The zero-order valence-corrected chi connectivity index (χ0v) is 15.6. The first-order valence-corrected chi connectivity index (χ1v) is 9.54. The van der Waals surface area contributed by atoms with Crippen LogP contribution in [0.25, 0.3) is 11.4 Å². The van der Waals surface area contributed by atoms with Gasteiger partial charge < -0.3 is 19.4 Å². The van der Waals surface area contributed by atoms with Gasteiger partial charge in [-0.25, -0.2) is 4.98 Å². The first-order valence-electron chi connectivity index (χ1n) is 9.54. The molecule has 1 atom stereocenters. The molecule has 0 saturated heterocycles. The van der Waals surface area contributed by atoms with Crippen molar-refractivity contribution in [1.29, 1.82) is 0 Å². The van der Waals surface area contributed by atoms with E-state index in [1.54, 1.807) is 11.0 Å². The number of fused-ring (bicyclic) bond motifs is 2. The van der Waals surface area contributed by atoms with E-state index in [1.807, 2.05) is 48.5 Å². The lowest BCUT2D eigenvalue weighted by Gasteiger charge is -2.33. The molecule has 2 aliphatic heterocycles. The molecule has 1 amide bonds. The van der Waals surface area contributed by atoms with Crippen molar-refractivity contribution in [3.8, 4) is 22.9 Å². The first kappa shape index (κ1) is 17.5. The number of nitrogens with zero attached hydrogens (tertiary/aromatic N) is 2. The third-order valence-corrected chi connectivity index (χ3v) is 5.22. The molecule has 2 aromatic carbocycles. The van der Waals surface area contributed by atoms with Crippen LogP contribution in [-0.4, -0.2) is 40.0 Å². The van der Waals surface area contributed by atoms with Crippen LogP contribution in [0.1, 0.15) is 11.3 Å². The molecule has 5 rings (SSSR count). The van der Waals surface area contributed by atoms with Crippen molar-refractivity contribution in [3.05, 3.63) is 76.2 Å². The number of carbonyl (C=O) groups excluding carboxylic acids is 1. The molecule has 146 valence electrons. The van der Waals surface area contributed by atoms with Crippen molar-refractivity contribution in [3.63, 3.8) is 0 Å². The molecule has 3 aromatic rings. The van der Waals surface area contributed by atoms with Crippen LogP contribution in [-0.2, 0) is 17.8 Å². The predicted molar refractivity (Wildman–Crippen MR) is 106 cm³/mol. The lowest BCUT2D eigenvalue weighted by molar-refractivity contribution is -0.142. The number of amides is 1. The molecular formula is C22H19N3O4. The second-order valence-corrected chi connectivity index (χ2v) is 7.08. The molecule has 0 bridgehead atoms. The largest absolute Gasteiger partial charge is 0.485 e. The highest BCUT2D eigenvalue weighted by atomic mass is 16.6. The number of H-pyrrole nitrogens is 1.